The fraction of sp³-hybridized carbons (Fsp3) is 0. The van der Waals surface area contributed by atoms with Crippen molar-refractivity contribution in [3.63, 3.8) is 0 Å². The Morgan fingerprint density at radius 1 is 0.345 bits per heavy atom. The van der Waals surface area contributed by atoms with Crippen LogP contribution >= 0.6 is 0 Å². The van der Waals surface area contributed by atoms with Crippen LogP contribution in [0, 0.1) is 0 Å². The molecule has 0 aliphatic heterocycles. The molecule has 58 heavy (non-hydrogen) atoms. The summed E-state index contributed by atoms with van der Waals surface area (Å²) in [5.41, 5.74) is 9.91. The van der Waals surface area contributed by atoms with Crippen LogP contribution in [0.2, 0.25) is 0 Å². The van der Waals surface area contributed by atoms with E-state index in [0.717, 1.165) is 77.2 Å². The van der Waals surface area contributed by atoms with Crippen molar-refractivity contribution in [2.24, 2.45) is 0 Å². The Morgan fingerprint density at radius 3 is 1.76 bits per heavy atom. The zero-order valence-corrected chi connectivity index (χ0v) is 31.2. The van der Waals surface area contributed by atoms with Crippen LogP contribution in [0.4, 0.5) is 0 Å². The number of para-hydroxylation sites is 1. The smallest absolute Gasteiger partial charge is 0.164 e. The Bertz CT molecular complexity index is 3570. The van der Waals surface area contributed by atoms with Gasteiger partial charge in [-0.1, -0.05) is 158 Å². The maximum absolute atomic E-state index is 6.87. The van der Waals surface area contributed by atoms with E-state index in [1.807, 2.05) is 48.5 Å². The van der Waals surface area contributed by atoms with Gasteiger partial charge in [-0.05, 0) is 57.6 Å². The number of fused-ring (bicyclic) bond motifs is 9. The quantitative estimate of drug-likeness (QED) is 0.176. The van der Waals surface area contributed by atoms with Crippen LogP contribution in [0.25, 0.3) is 116 Å². The molecule has 0 saturated heterocycles. The van der Waals surface area contributed by atoms with E-state index in [1.165, 1.54) is 21.5 Å². The molecule has 3 aromatic heterocycles. The Balaban J connectivity index is 1.12. The topological polar surface area (TPSA) is 56.7 Å². The highest BCUT2D eigenvalue weighted by molar-refractivity contribution is 6.25. The van der Waals surface area contributed by atoms with E-state index in [0.29, 0.717) is 17.5 Å². The molecule has 270 valence electrons. The third-order valence-electron chi connectivity index (χ3n) is 11.4. The summed E-state index contributed by atoms with van der Waals surface area (Å²) in [4.78, 5) is 15.5. The van der Waals surface area contributed by atoms with Crippen molar-refractivity contribution in [1.29, 1.82) is 0 Å². The van der Waals surface area contributed by atoms with Gasteiger partial charge < -0.3 is 8.98 Å². The Hall–Kier alpha value is -7.89. The van der Waals surface area contributed by atoms with Gasteiger partial charge in [0.25, 0.3) is 0 Å². The number of furan rings is 1. The number of nitrogens with zero attached hydrogens (tertiary/aromatic N) is 4. The van der Waals surface area contributed by atoms with E-state index in [9.17, 15) is 0 Å². The maximum Gasteiger partial charge on any atom is 0.164 e. The van der Waals surface area contributed by atoms with Crippen molar-refractivity contribution in [2.75, 3.05) is 0 Å². The van der Waals surface area contributed by atoms with Crippen molar-refractivity contribution in [3.05, 3.63) is 194 Å². The second kappa shape index (κ2) is 12.8. The monoisotopic (exact) mass is 740 g/mol. The first-order valence-corrected chi connectivity index (χ1v) is 19.5. The number of aromatic nitrogens is 4. The molecular formula is C53H32N4O. The zero-order chi connectivity index (χ0) is 38.2. The molecular weight excluding hydrogens is 709 g/mol. The molecule has 0 spiro atoms. The Morgan fingerprint density at radius 2 is 0.948 bits per heavy atom. The number of hydrogen-bond donors (Lipinski definition) is 0. The average Bonchev–Trinajstić information content (AvgIpc) is 3.84. The minimum atomic E-state index is 0.588. The van der Waals surface area contributed by atoms with E-state index in [4.69, 9.17) is 19.4 Å². The lowest BCUT2D eigenvalue weighted by atomic mass is 9.99. The largest absolute Gasteiger partial charge is 0.456 e. The molecule has 9 aromatic carbocycles. The molecule has 12 rings (SSSR count). The summed E-state index contributed by atoms with van der Waals surface area (Å²) >= 11 is 0. The molecule has 0 aliphatic carbocycles. The normalized spacial score (nSPS) is 11.8. The third kappa shape index (κ3) is 5.07. The van der Waals surface area contributed by atoms with Crippen LogP contribution < -0.4 is 0 Å². The van der Waals surface area contributed by atoms with E-state index in [-0.39, 0.29) is 0 Å². The fourth-order valence-corrected chi connectivity index (χ4v) is 8.76. The van der Waals surface area contributed by atoms with Gasteiger partial charge in [0.15, 0.2) is 17.5 Å². The zero-order valence-electron chi connectivity index (χ0n) is 31.2. The van der Waals surface area contributed by atoms with E-state index < -0.39 is 0 Å². The first-order chi connectivity index (χ1) is 28.7. The molecule has 0 N–H and O–H groups in total. The highest BCUT2D eigenvalue weighted by atomic mass is 16.3. The van der Waals surface area contributed by atoms with Crippen molar-refractivity contribution >= 4 is 65.3 Å². The molecule has 5 nitrogen and oxygen atoms in total. The van der Waals surface area contributed by atoms with Gasteiger partial charge >= 0.3 is 0 Å². The van der Waals surface area contributed by atoms with Gasteiger partial charge in [-0.3, -0.25) is 0 Å². The third-order valence-corrected chi connectivity index (χ3v) is 11.4. The molecule has 0 bridgehead atoms. The summed E-state index contributed by atoms with van der Waals surface area (Å²) in [5.74, 6) is 1.81. The van der Waals surface area contributed by atoms with E-state index >= 15 is 0 Å². The van der Waals surface area contributed by atoms with Crippen LogP contribution in [0.15, 0.2) is 199 Å². The predicted molar refractivity (Wildman–Crippen MR) is 238 cm³/mol. The van der Waals surface area contributed by atoms with E-state index in [1.54, 1.807) is 0 Å². The van der Waals surface area contributed by atoms with Gasteiger partial charge in [-0.15, -0.1) is 0 Å². The Kier molecular flexibility index (Phi) is 7.16. The molecule has 5 heteroatoms. The van der Waals surface area contributed by atoms with Gasteiger partial charge in [0.1, 0.15) is 11.2 Å². The standard InChI is InChI=1S/C53H32N4O/c1-3-15-33(16-4-1)35-21-13-22-38(29-35)52-54-51(34-17-5-2-6-18-34)55-53(56-52)42-26-14-28-47-50(42)49-41-25-10-9-23-39(41)46(32-48(49)58-47)57-44-27-12-11-24-40(44)43-30-36-19-7-8-20-37(36)31-45(43)57/h1-32H. The lowest BCUT2D eigenvalue weighted by molar-refractivity contribution is 0.669. The molecule has 0 fully saturated rings. The van der Waals surface area contributed by atoms with Gasteiger partial charge in [0, 0.05) is 49.7 Å². The van der Waals surface area contributed by atoms with Crippen molar-refractivity contribution in [1.82, 2.24) is 19.5 Å². The van der Waals surface area contributed by atoms with Crippen LogP contribution in [0.5, 0.6) is 0 Å². The highest BCUT2D eigenvalue weighted by Crippen LogP contribution is 2.44. The fourth-order valence-electron chi connectivity index (χ4n) is 8.76. The van der Waals surface area contributed by atoms with Crippen LogP contribution in [-0.4, -0.2) is 19.5 Å². The SMILES string of the molecule is c1ccc(-c2cccc(-c3nc(-c4ccccc4)nc(-c4cccc5oc6cc(-n7c8ccccc8c8cc9ccccc9cc87)c7ccccc7c6c45)n3)c2)cc1. The van der Waals surface area contributed by atoms with Gasteiger partial charge in [-0.25, -0.2) is 15.0 Å². The number of hydrogen-bond acceptors (Lipinski definition) is 4. The molecule has 0 atom stereocenters. The maximum atomic E-state index is 6.87. The molecule has 0 amide bonds. The van der Waals surface area contributed by atoms with Gasteiger partial charge in [0.05, 0.1) is 16.7 Å². The predicted octanol–water partition coefficient (Wildman–Crippen LogP) is 13.8. The number of rotatable bonds is 5. The highest BCUT2D eigenvalue weighted by Gasteiger charge is 2.22. The average molecular weight is 741 g/mol. The summed E-state index contributed by atoms with van der Waals surface area (Å²) in [6.45, 7) is 0. The van der Waals surface area contributed by atoms with Gasteiger partial charge in [0.2, 0.25) is 0 Å². The minimum Gasteiger partial charge on any atom is -0.456 e. The van der Waals surface area contributed by atoms with Crippen LogP contribution in [0.1, 0.15) is 0 Å². The minimum absolute atomic E-state index is 0.588. The lowest BCUT2D eigenvalue weighted by Crippen LogP contribution is -2.00. The summed E-state index contributed by atoms with van der Waals surface area (Å²) < 4.78 is 9.27. The summed E-state index contributed by atoms with van der Waals surface area (Å²) in [6, 6.07) is 67.9. The summed E-state index contributed by atoms with van der Waals surface area (Å²) in [6.07, 6.45) is 0. The molecule has 0 unspecified atom stereocenters. The first-order valence-electron chi connectivity index (χ1n) is 19.5. The Labute approximate surface area is 333 Å². The van der Waals surface area contributed by atoms with Crippen molar-refractivity contribution < 1.29 is 4.42 Å². The first kappa shape index (κ1) is 32.4. The van der Waals surface area contributed by atoms with E-state index in [2.05, 4.69) is 150 Å². The number of benzene rings is 9. The second-order valence-corrected chi connectivity index (χ2v) is 14.8. The van der Waals surface area contributed by atoms with Crippen molar-refractivity contribution in [3.8, 4) is 51.0 Å². The van der Waals surface area contributed by atoms with Crippen LogP contribution in [0.3, 0.4) is 0 Å². The van der Waals surface area contributed by atoms with Crippen molar-refractivity contribution in [2.45, 2.75) is 0 Å². The summed E-state index contributed by atoms with van der Waals surface area (Å²) in [5, 5.41) is 9.10. The molecule has 0 aliphatic rings. The van der Waals surface area contributed by atoms with Crippen LogP contribution in [-0.2, 0) is 0 Å². The molecule has 3 heterocycles. The second-order valence-electron chi connectivity index (χ2n) is 14.8. The molecule has 0 saturated carbocycles. The molecule has 12 aromatic rings. The summed E-state index contributed by atoms with van der Waals surface area (Å²) in [7, 11) is 0. The lowest BCUT2D eigenvalue weighted by Gasteiger charge is -2.13. The van der Waals surface area contributed by atoms with Gasteiger partial charge in [-0.2, -0.15) is 0 Å². The molecule has 0 radical (unpaired) electrons.